The molecule has 0 aliphatic carbocycles. The number of carbonyl (C=O) groups excluding carboxylic acids is 1. The maximum absolute atomic E-state index is 11.5. The van der Waals surface area contributed by atoms with Crippen molar-refractivity contribution in [1.29, 1.82) is 5.26 Å². The van der Waals surface area contributed by atoms with Gasteiger partial charge in [0.1, 0.15) is 6.07 Å². The molecule has 1 fully saturated rings. The van der Waals surface area contributed by atoms with Gasteiger partial charge in [0.2, 0.25) is 5.91 Å². The molecule has 2 aromatic rings. The highest BCUT2D eigenvalue weighted by Crippen LogP contribution is 2.32. The number of ether oxygens (including phenoxy) is 1. The number of nitriles is 1. The Morgan fingerprint density at radius 2 is 2.26 bits per heavy atom. The zero-order valence-electron chi connectivity index (χ0n) is 13.2. The van der Waals surface area contributed by atoms with E-state index < -0.39 is 12.0 Å². The molecule has 6 nitrogen and oxygen atoms in total. The van der Waals surface area contributed by atoms with Crippen LogP contribution in [-0.2, 0) is 9.53 Å². The van der Waals surface area contributed by atoms with Crippen molar-refractivity contribution in [1.82, 2.24) is 4.98 Å². The fourth-order valence-corrected chi connectivity index (χ4v) is 3.09. The van der Waals surface area contributed by atoms with Gasteiger partial charge in [-0.05, 0) is 25.5 Å². The van der Waals surface area contributed by atoms with Crippen LogP contribution in [0.2, 0.25) is 0 Å². The van der Waals surface area contributed by atoms with E-state index in [9.17, 15) is 10.1 Å². The van der Waals surface area contributed by atoms with E-state index in [1.807, 2.05) is 24.8 Å². The summed E-state index contributed by atoms with van der Waals surface area (Å²) in [5.74, 6) is -0.487. The van der Waals surface area contributed by atoms with Crippen LogP contribution in [0.25, 0.3) is 10.9 Å². The standard InChI is InChI=1S/C17H18N4O2/c1-10-5-11(2)15-13(6-10)16(12(7-18)8-20-15)21-3-4-23-14(9-21)17(19)22/h5-6,8,14H,3-4,9H2,1-2H3,(H2,19,22)/t14-/m0/s1. The third-order valence-corrected chi connectivity index (χ3v) is 4.10. The number of nitrogens with two attached hydrogens (primary N) is 1. The number of amides is 1. The van der Waals surface area contributed by atoms with Gasteiger partial charge >= 0.3 is 0 Å². The first-order chi connectivity index (χ1) is 11.0. The van der Waals surface area contributed by atoms with Crippen LogP contribution in [0.3, 0.4) is 0 Å². The number of nitrogens with zero attached hydrogens (tertiary/aromatic N) is 3. The van der Waals surface area contributed by atoms with E-state index in [0.29, 0.717) is 25.3 Å². The molecule has 1 aliphatic heterocycles. The normalized spacial score (nSPS) is 18.0. The monoisotopic (exact) mass is 310 g/mol. The molecule has 1 aromatic heterocycles. The van der Waals surface area contributed by atoms with Crippen LogP contribution in [0.1, 0.15) is 16.7 Å². The smallest absolute Gasteiger partial charge is 0.248 e. The van der Waals surface area contributed by atoms with Gasteiger partial charge in [-0.3, -0.25) is 9.78 Å². The number of carbonyl (C=O) groups is 1. The molecule has 1 aliphatic rings. The number of pyridine rings is 1. The van der Waals surface area contributed by atoms with Gasteiger partial charge in [0, 0.05) is 18.1 Å². The van der Waals surface area contributed by atoms with E-state index in [-0.39, 0.29) is 0 Å². The highest BCUT2D eigenvalue weighted by molar-refractivity contribution is 5.97. The van der Waals surface area contributed by atoms with E-state index in [4.69, 9.17) is 10.5 Å². The molecule has 1 saturated heterocycles. The number of fused-ring (bicyclic) bond motifs is 1. The first-order valence-corrected chi connectivity index (χ1v) is 7.47. The van der Waals surface area contributed by atoms with Crippen LogP contribution in [0.15, 0.2) is 18.3 Å². The van der Waals surface area contributed by atoms with Crippen molar-refractivity contribution in [2.45, 2.75) is 20.0 Å². The molecule has 0 bridgehead atoms. The van der Waals surface area contributed by atoms with Crippen LogP contribution in [0.4, 0.5) is 5.69 Å². The SMILES string of the molecule is Cc1cc(C)c2ncc(C#N)c(N3CCO[C@H](C(N)=O)C3)c2c1. The zero-order chi connectivity index (χ0) is 16.6. The molecule has 1 atom stereocenters. The lowest BCUT2D eigenvalue weighted by Gasteiger charge is -2.34. The minimum atomic E-state index is -0.663. The molecule has 0 saturated carbocycles. The molecule has 1 aromatic carbocycles. The Kier molecular flexibility index (Phi) is 3.89. The van der Waals surface area contributed by atoms with Gasteiger partial charge in [-0.1, -0.05) is 11.6 Å². The molecular weight excluding hydrogens is 292 g/mol. The molecule has 23 heavy (non-hydrogen) atoms. The van der Waals surface area contributed by atoms with Crippen molar-refractivity contribution in [2.75, 3.05) is 24.6 Å². The number of rotatable bonds is 2. The molecule has 118 valence electrons. The summed E-state index contributed by atoms with van der Waals surface area (Å²) >= 11 is 0. The maximum atomic E-state index is 11.5. The summed E-state index contributed by atoms with van der Waals surface area (Å²) in [7, 11) is 0. The lowest BCUT2D eigenvalue weighted by molar-refractivity contribution is -0.130. The summed E-state index contributed by atoms with van der Waals surface area (Å²) in [6.45, 7) is 5.36. The molecule has 6 heteroatoms. The predicted molar refractivity (Wildman–Crippen MR) is 87.1 cm³/mol. The third-order valence-electron chi connectivity index (χ3n) is 4.10. The highest BCUT2D eigenvalue weighted by atomic mass is 16.5. The second kappa shape index (κ2) is 5.86. The van der Waals surface area contributed by atoms with E-state index in [0.717, 1.165) is 27.7 Å². The Morgan fingerprint density at radius 3 is 2.96 bits per heavy atom. The van der Waals surface area contributed by atoms with Gasteiger partial charge in [-0.25, -0.2) is 0 Å². The van der Waals surface area contributed by atoms with Gasteiger partial charge in [-0.2, -0.15) is 5.26 Å². The average molecular weight is 310 g/mol. The summed E-state index contributed by atoms with van der Waals surface area (Å²) in [6.07, 6.45) is 0.929. The summed E-state index contributed by atoms with van der Waals surface area (Å²) in [6, 6.07) is 6.30. The molecule has 0 unspecified atom stereocenters. The first kappa shape index (κ1) is 15.3. The fraction of sp³-hybridized carbons (Fsp3) is 0.353. The van der Waals surface area contributed by atoms with Crippen LogP contribution in [0.5, 0.6) is 0 Å². The van der Waals surface area contributed by atoms with Crippen molar-refractivity contribution in [2.24, 2.45) is 5.73 Å². The Morgan fingerprint density at radius 1 is 1.48 bits per heavy atom. The highest BCUT2D eigenvalue weighted by Gasteiger charge is 2.27. The van der Waals surface area contributed by atoms with Crippen LogP contribution in [0, 0.1) is 25.2 Å². The number of aryl methyl sites for hydroxylation is 2. The average Bonchev–Trinajstić information content (AvgIpc) is 2.53. The Hall–Kier alpha value is -2.65. The van der Waals surface area contributed by atoms with Crippen LogP contribution >= 0.6 is 0 Å². The Labute approximate surface area is 134 Å². The quantitative estimate of drug-likeness (QED) is 0.905. The lowest BCUT2D eigenvalue weighted by atomic mass is 10.0. The predicted octanol–water partition coefficient (Wildman–Crippen LogP) is 1.41. The van der Waals surface area contributed by atoms with E-state index in [1.165, 1.54) is 0 Å². The lowest BCUT2D eigenvalue weighted by Crippen LogP contribution is -2.48. The molecule has 2 N–H and O–H groups in total. The van der Waals surface area contributed by atoms with Gasteiger partial charge in [0.25, 0.3) is 0 Å². The Bertz CT molecular complexity index is 825. The maximum Gasteiger partial charge on any atom is 0.248 e. The number of hydrogen-bond acceptors (Lipinski definition) is 5. The molecular formula is C17H18N4O2. The topological polar surface area (TPSA) is 92.2 Å². The number of hydrogen-bond donors (Lipinski definition) is 1. The van der Waals surface area contributed by atoms with Gasteiger partial charge in [0.05, 0.1) is 29.9 Å². The largest absolute Gasteiger partial charge is 0.367 e. The second-order valence-corrected chi connectivity index (χ2v) is 5.82. The summed E-state index contributed by atoms with van der Waals surface area (Å²) in [5, 5.41) is 10.4. The molecule has 3 rings (SSSR count). The number of primary amides is 1. The zero-order valence-corrected chi connectivity index (χ0v) is 13.2. The number of benzene rings is 1. The van der Waals surface area contributed by atoms with Crippen molar-refractivity contribution in [3.8, 4) is 6.07 Å². The van der Waals surface area contributed by atoms with Gasteiger partial charge in [-0.15, -0.1) is 0 Å². The second-order valence-electron chi connectivity index (χ2n) is 5.82. The van der Waals surface area contributed by atoms with Crippen molar-refractivity contribution in [3.05, 3.63) is 35.0 Å². The molecule has 0 radical (unpaired) electrons. The minimum absolute atomic E-state index is 0.343. The fourth-order valence-electron chi connectivity index (χ4n) is 3.09. The van der Waals surface area contributed by atoms with Gasteiger partial charge < -0.3 is 15.4 Å². The van der Waals surface area contributed by atoms with Crippen LogP contribution < -0.4 is 10.6 Å². The van der Waals surface area contributed by atoms with E-state index in [1.54, 1.807) is 6.20 Å². The molecule has 1 amide bonds. The Balaban J connectivity index is 2.18. The third kappa shape index (κ3) is 2.71. The number of anilines is 1. The minimum Gasteiger partial charge on any atom is -0.367 e. The summed E-state index contributed by atoms with van der Waals surface area (Å²) in [5.41, 5.74) is 9.70. The summed E-state index contributed by atoms with van der Waals surface area (Å²) in [4.78, 5) is 17.9. The van der Waals surface area contributed by atoms with E-state index >= 15 is 0 Å². The summed E-state index contributed by atoms with van der Waals surface area (Å²) < 4.78 is 5.41. The molecule has 0 spiro atoms. The van der Waals surface area contributed by atoms with Crippen molar-refractivity contribution >= 4 is 22.5 Å². The number of morpholine rings is 1. The number of aromatic nitrogens is 1. The van der Waals surface area contributed by atoms with Crippen molar-refractivity contribution < 1.29 is 9.53 Å². The first-order valence-electron chi connectivity index (χ1n) is 7.47. The van der Waals surface area contributed by atoms with E-state index in [2.05, 4.69) is 17.1 Å². The molecule has 2 heterocycles. The van der Waals surface area contributed by atoms with Crippen LogP contribution in [-0.4, -0.2) is 36.7 Å². The van der Waals surface area contributed by atoms with Gasteiger partial charge in [0.15, 0.2) is 6.10 Å². The van der Waals surface area contributed by atoms with Crippen molar-refractivity contribution in [3.63, 3.8) is 0 Å².